The number of hydrogen-bond donors (Lipinski definition) is 1. The number of nitrogens with zero attached hydrogens (tertiary/aromatic N) is 3. The Morgan fingerprint density at radius 3 is 3.00 bits per heavy atom. The minimum Gasteiger partial charge on any atom is -0.481 e. The first-order valence-electron chi connectivity index (χ1n) is 7.22. The van der Waals surface area contributed by atoms with Crippen molar-refractivity contribution in [2.24, 2.45) is 11.8 Å². The fourth-order valence-electron chi connectivity index (χ4n) is 2.59. The average molecular weight is 305 g/mol. The van der Waals surface area contributed by atoms with Crippen molar-refractivity contribution in [2.75, 3.05) is 5.75 Å². The molecule has 1 N–H and O–H groups in total. The molecule has 1 fully saturated rings. The van der Waals surface area contributed by atoms with E-state index in [1.54, 1.807) is 0 Å². The minimum absolute atomic E-state index is 0.0279. The van der Waals surface area contributed by atoms with Gasteiger partial charge < -0.3 is 9.67 Å². The Labute approximate surface area is 127 Å². The predicted molar refractivity (Wildman–Crippen MR) is 82.5 cm³/mol. The van der Waals surface area contributed by atoms with E-state index in [1.807, 2.05) is 19.2 Å². The van der Waals surface area contributed by atoms with Crippen LogP contribution < -0.4 is 0 Å². The first kappa shape index (κ1) is 14.4. The molecule has 21 heavy (non-hydrogen) atoms. The van der Waals surface area contributed by atoms with Gasteiger partial charge in [0, 0.05) is 12.7 Å². The molecule has 3 rings (SSSR count). The summed E-state index contributed by atoms with van der Waals surface area (Å²) >= 11 is 1.27. The van der Waals surface area contributed by atoms with Crippen LogP contribution in [0.1, 0.15) is 25.3 Å². The zero-order valence-electron chi connectivity index (χ0n) is 12.2. The van der Waals surface area contributed by atoms with Gasteiger partial charge in [-0.25, -0.2) is 9.97 Å². The van der Waals surface area contributed by atoms with E-state index in [4.69, 9.17) is 5.11 Å². The summed E-state index contributed by atoms with van der Waals surface area (Å²) < 4.78 is 2.09. The minimum atomic E-state index is -0.821. The number of carboxylic acid groups (broad SMARTS) is 1. The molecule has 112 valence electrons. The Morgan fingerprint density at radius 2 is 2.33 bits per heavy atom. The van der Waals surface area contributed by atoms with Crippen LogP contribution in [0.2, 0.25) is 0 Å². The molecule has 0 aromatic carbocycles. The molecule has 1 atom stereocenters. The largest absolute Gasteiger partial charge is 0.481 e. The molecule has 1 saturated carbocycles. The number of aromatic nitrogens is 3. The molecular formula is C15H19N3O2S. The third-order valence-corrected chi connectivity index (χ3v) is 4.87. The van der Waals surface area contributed by atoms with Crippen LogP contribution in [-0.2, 0) is 11.3 Å². The monoisotopic (exact) mass is 305 g/mol. The highest BCUT2D eigenvalue weighted by Crippen LogP contribution is 2.38. The topological polar surface area (TPSA) is 68.0 Å². The van der Waals surface area contributed by atoms with Gasteiger partial charge in [0.25, 0.3) is 0 Å². The Bertz CT molecular complexity index is 679. The molecule has 0 radical (unpaired) electrons. The van der Waals surface area contributed by atoms with Crippen molar-refractivity contribution in [3.05, 3.63) is 17.8 Å². The standard InChI is InChI=1S/C15H19N3O2S/c1-9-5-12-14(16-6-9)18(7-10(2)11-3-4-11)15(17-12)21-8-13(19)20/h5-6,10-11H,3-4,7-8H2,1-2H3,(H,19,20). The van der Waals surface area contributed by atoms with Gasteiger partial charge >= 0.3 is 5.97 Å². The normalized spacial score (nSPS) is 16.3. The molecule has 1 aliphatic carbocycles. The van der Waals surface area contributed by atoms with Gasteiger partial charge in [0.05, 0.1) is 5.75 Å². The van der Waals surface area contributed by atoms with E-state index < -0.39 is 5.97 Å². The highest BCUT2D eigenvalue weighted by atomic mass is 32.2. The lowest BCUT2D eigenvalue weighted by Crippen LogP contribution is -2.11. The zero-order valence-corrected chi connectivity index (χ0v) is 13.1. The Hall–Kier alpha value is -1.56. The van der Waals surface area contributed by atoms with E-state index in [1.165, 1.54) is 24.6 Å². The van der Waals surface area contributed by atoms with E-state index in [-0.39, 0.29) is 5.75 Å². The molecule has 0 aliphatic heterocycles. The van der Waals surface area contributed by atoms with Gasteiger partial charge in [-0.2, -0.15) is 0 Å². The summed E-state index contributed by atoms with van der Waals surface area (Å²) in [5.74, 6) is 0.581. The summed E-state index contributed by atoms with van der Waals surface area (Å²) in [6.07, 6.45) is 4.45. The van der Waals surface area contributed by atoms with Crippen LogP contribution in [0, 0.1) is 18.8 Å². The van der Waals surface area contributed by atoms with E-state index >= 15 is 0 Å². The summed E-state index contributed by atoms with van der Waals surface area (Å²) in [6.45, 7) is 5.10. The van der Waals surface area contributed by atoms with Crippen LogP contribution in [0.5, 0.6) is 0 Å². The molecule has 6 heteroatoms. The number of carboxylic acids is 1. The summed E-state index contributed by atoms with van der Waals surface area (Å²) in [4.78, 5) is 19.9. The van der Waals surface area contributed by atoms with Crippen LogP contribution >= 0.6 is 11.8 Å². The van der Waals surface area contributed by atoms with Crippen LogP contribution in [0.4, 0.5) is 0 Å². The molecule has 0 bridgehead atoms. The number of aliphatic carboxylic acids is 1. The smallest absolute Gasteiger partial charge is 0.313 e. The highest BCUT2D eigenvalue weighted by Gasteiger charge is 2.29. The highest BCUT2D eigenvalue weighted by molar-refractivity contribution is 7.99. The van der Waals surface area contributed by atoms with Crippen LogP contribution in [0.15, 0.2) is 17.4 Å². The molecule has 1 unspecified atom stereocenters. The Balaban J connectivity index is 1.95. The van der Waals surface area contributed by atoms with E-state index in [0.717, 1.165) is 34.3 Å². The SMILES string of the molecule is Cc1cnc2c(c1)nc(SCC(=O)O)n2CC(C)C1CC1. The van der Waals surface area contributed by atoms with Crippen LogP contribution in [-0.4, -0.2) is 31.4 Å². The van der Waals surface area contributed by atoms with Crippen molar-refractivity contribution in [3.8, 4) is 0 Å². The molecule has 0 saturated heterocycles. The van der Waals surface area contributed by atoms with Gasteiger partial charge in [-0.1, -0.05) is 18.7 Å². The zero-order chi connectivity index (χ0) is 15.0. The third-order valence-electron chi connectivity index (χ3n) is 3.91. The fourth-order valence-corrected chi connectivity index (χ4v) is 3.33. The van der Waals surface area contributed by atoms with Crippen molar-refractivity contribution < 1.29 is 9.90 Å². The number of thioether (sulfide) groups is 1. The fraction of sp³-hybridized carbons (Fsp3) is 0.533. The van der Waals surface area contributed by atoms with Gasteiger partial charge in [-0.3, -0.25) is 4.79 Å². The maximum absolute atomic E-state index is 10.8. The first-order chi connectivity index (χ1) is 10.0. The van der Waals surface area contributed by atoms with Crippen molar-refractivity contribution in [3.63, 3.8) is 0 Å². The number of imidazole rings is 1. The van der Waals surface area contributed by atoms with Crippen LogP contribution in [0.25, 0.3) is 11.2 Å². The molecule has 1 aliphatic rings. The molecule has 0 spiro atoms. The predicted octanol–water partition coefficient (Wildman–Crippen LogP) is 2.96. The lowest BCUT2D eigenvalue weighted by molar-refractivity contribution is -0.133. The summed E-state index contributed by atoms with van der Waals surface area (Å²) in [5, 5.41) is 9.65. The lowest BCUT2D eigenvalue weighted by Gasteiger charge is -2.13. The van der Waals surface area contributed by atoms with E-state index in [0.29, 0.717) is 5.92 Å². The van der Waals surface area contributed by atoms with Gasteiger partial charge in [0.2, 0.25) is 0 Å². The maximum Gasteiger partial charge on any atom is 0.313 e. The molecule has 5 nitrogen and oxygen atoms in total. The van der Waals surface area contributed by atoms with Gasteiger partial charge in [-0.15, -0.1) is 0 Å². The van der Waals surface area contributed by atoms with Gasteiger partial charge in [-0.05, 0) is 43.2 Å². The maximum atomic E-state index is 10.8. The first-order valence-corrected chi connectivity index (χ1v) is 8.20. The molecule has 2 aromatic heterocycles. The lowest BCUT2D eigenvalue weighted by atomic mass is 10.1. The number of aryl methyl sites for hydroxylation is 1. The van der Waals surface area contributed by atoms with E-state index in [9.17, 15) is 4.79 Å². The van der Waals surface area contributed by atoms with Crippen LogP contribution in [0.3, 0.4) is 0 Å². The summed E-state index contributed by atoms with van der Waals surface area (Å²) in [7, 11) is 0. The van der Waals surface area contributed by atoms with Crippen molar-refractivity contribution in [1.29, 1.82) is 0 Å². The second-order valence-electron chi connectivity index (χ2n) is 5.86. The number of hydrogen-bond acceptors (Lipinski definition) is 4. The van der Waals surface area contributed by atoms with Crippen molar-refractivity contribution in [2.45, 2.75) is 38.4 Å². The average Bonchev–Trinajstić information content (AvgIpc) is 3.21. The number of carbonyl (C=O) groups is 1. The second-order valence-corrected chi connectivity index (χ2v) is 6.80. The van der Waals surface area contributed by atoms with Crippen molar-refractivity contribution in [1.82, 2.24) is 14.5 Å². The van der Waals surface area contributed by atoms with E-state index in [2.05, 4.69) is 21.5 Å². The molecular weight excluding hydrogens is 286 g/mol. The second kappa shape index (κ2) is 5.67. The van der Waals surface area contributed by atoms with Gasteiger partial charge in [0.1, 0.15) is 5.52 Å². The number of fused-ring (bicyclic) bond motifs is 1. The molecule has 2 heterocycles. The van der Waals surface area contributed by atoms with Crippen molar-refractivity contribution >= 4 is 28.9 Å². The summed E-state index contributed by atoms with van der Waals surface area (Å²) in [6, 6.07) is 2.01. The molecule has 2 aromatic rings. The Kier molecular flexibility index (Phi) is 3.89. The van der Waals surface area contributed by atoms with Gasteiger partial charge in [0.15, 0.2) is 10.8 Å². The molecule has 0 amide bonds. The number of pyridine rings is 1. The third kappa shape index (κ3) is 3.20. The number of rotatable bonds is 6. The summed E-state index contributed by atoms with van der Waals surface area (Å²) in [5.41, 5.74) is 2.78. The Morgan fingerprint density at radius 1 is 1.57 bits per heavy atom. The quantitative estimate of drug-likeness (QED) is 0.831.